The highest BCUT2D eigenvalue weighted by Gasteiger charge is 2.29. The first-order valence-electron chi connectivity index (χ1n) is 11.5. The first-order valence-corrected chi connectivity index (χ1v) is 14.4. The lowest BCUT2D eigenvalue weighted by molar-refractivity contribution is -0.119. The van der Waals surface area contributed by atoms with Crippen molar-refractivity contribution in [2.45, 2.75) is 18.7 Å². The molecule has 0 saturated carbocycles. The molecule has 1 amide bonds. The van der Waals surface area contributed by atoms with Gasteiger partial charge in [0.1, 0.15) is 6.54 Å². The molecule has 0 fully saturated rings. The molecular weight excluding hydrogens is 602 g/mol. The van der Waals surface area contributed by atoms with Crippen LogP contribution in [-0.2, 0) is 14.8 Å². The van der Waals surface area contributed by atoms with Crippen molar-refractivity contribution in [2.75, 3.05) is 10.8 Å². The second kappa shape index (κ2) is 12.0. The van der Waals surface area contributed by atoms with Crippen molar-refractivity contribution in [1.82, 2.24) is 9.99 Å². The summed E-state index contributed by atoms with van der Waals surface area (Å²) >= 11 is 24.7. The zero-order valence-corrected chi connectivity index (χ0v) is 24.5. The highest BCUT2D eigenvalue weighted by molar-refractivity contribution is 7.92. The lowest BCUT2D eigenvalue weighted by Crippen LogP contribution is -2.39. The Morgan fingerprint density at radius 2 is 1.64 bits per heavy atom. The molecule has 1 N–H and O–H groups in total. The lowest BCUT2D eigenvalue weighted by Gasteiger charge is -2.24. The smallest absolute Gasteiger partial charge is 0.264 e. The van der Waals surface area contributed by atoms with Crippen LogP contribution in [-0.4, -0.2) is 31.7 Å². The van der Waals surface area contributed by atoms with Gasteiger partial charge in [0, 0.05) is 22.6 Å². The van der Waals surface area contributed by atoms with Crippen LogP contribution in [0.3, 0.4) is 0 Å². The van der Waals surface area contributed by atoms with Crippen LogP contribution in [0.15, 0.2) is 82.8 Å². The van der Waals surface area contributed by atoms with Gasteiger partial charge in [-0.2, -0.15) is 5.10 Å². The number of aromatic nitrogens is 1. The Morgan fingerprint density at radius 1 is 0.923 bits per heavy atom. The van der Waals surface area contributed by atoms with E-state index in [-0.39, 0.29) is 20.6 Å². The third kappa shape index (κ3) is 6.26. The van der Waals surface area contributed by atoms with Crippen LogP contribution in [0.5, 0.6) is 0 Å². The number of anilines is 1. The van der Waals surface area contributed by atoms with Gasteiger partial charge < -0.3 is 4.57 Å². The molecular formula is C27H22Cl4N4O3S. The number of carbonyl (C=O) groups is 1. The van der Waals surface area contributed by atoms with Gasteiger partial charge in [-0.1, -0.05) is 70.7 Å². The number of nitrogens with one attached hydrogen (secondary N) is 1. The Balaban J connectivity index is 1.58. The van der Waals surface area contributed by atoms with Gasteiger partial charge in [0.25, 0.3) is 15.9 Å². The van der Waals surface area contributed by atoms with Crippen LogP contribution in [0.2, 0.25) is 20.1 Å². The molecule has 0 radical (unpaired) electrons. The number of hydrogen-bond donors (Lipinski definition) is 1. The summed E-state index contributed by atoms with van der Waals surface area (Å²) in [5.74, 6) is -0.680. The summed E-state index contributed by atoms with van der Waals surface area (Å²) in [6, 6.07) is 19.5. The van der Waals surface area contributed by atoms with Gasteiger partial charge in [0.05, 0.1) is 36.9 Å². The van der Waals surface area contributed by atoms with Gasteiger partial charge in [-0.25, -0.2) is 13.8 Å². The number of sulfonamides is 1. The fourth-order valence-corrected chi connectivity index (χ4v) is 6.18. The Labute approximate surface area is 246 Å². The molecule has 12 heteroatoms. The van der Waals surface area contributed by atoms with E-state index in [2.05, 4.69) is 10.5 Å². The van der Waals surface area contributed by atoms with Gasteiger partial charge in [0.2, 0.25) is 0 Å². The standard InChI is InChI=1S/C27H22Cl4N4O3S/c1-17-13-19(18(2)35(17)20-11-12-22(28)24(30)14-20)15-32-33-26(36)16-34(25-10-6-9-23(29)27(25)31)39(37,38)21-7-4-3-5-8-21/h3-15H,16H2,1-2H3,(H,33,36)/b32-15+. The fraction of sp³-hybridized carbons (Fsp3) is 0.111. The van der Waals surface area contributed by atoms with E-state index in [1.165, 1.54) is 30.5 Å². The number of benzene rings is 3. The second-order valence-electron chi connectivity index (χ2n) is 8.45. The molecule has 202 valence electrons. The van der Waals surface area contributed by atoms with Crippen LogP contribution in [0, 0.1) is 13.8 Å². The van der Waals surface area contributed by atoms with Gasteiger partial charge in [0.15, 0.2) is 0 Å². The topological polar surface area (TPSA) is 83.8 Å². The molecule has 4 rings (SSSR count). The molecule has 1 aromatic heterocycles. The summed E-state index contributed by atoms with van der Waals surface area (Å²) in [7, 11) is -4.16. The number of hydrazone groups is 1. The molecule has 4 aromatic rings. The molecule has 0 aliphatic rings. The van der Waals surface area contributed by atoms with Gasteiger partial charge in [-0.05, 0) is 62.4 Å². The minimum absolute atomic E-state index is 0.00437. The molecule has 7 nitrogen and oxygen atoms in total. The van der Waals surface area contributed by atoms with E-state index in [1.807, 2.05) is 30.5 Å². The van der Waals surface area contributed by atoms with E-state index in [4.69, 9.17) is 46.4 Å². The van der Waals surface area contributed by atoms with E-state index >= 15 is 0 Å². The zero-order chi connectivity index (χ0) is 28.3. The van der Waals surface area contributed by atoms with Gasteiger partial charge >= 0.3 is 0 Å². The van der Waals surface area contributed by atoms with Crippen LogP contribution in [0.1, 0.15) is 17.0 Å². The summed E-state index contributed by atoms with van der Waals surface area (Å²) in [6.07, 6.45) is 1.48. The summed E-state index contributed by atoms with van der Waals surface area (Å²) < 4.78 is 29.8. The van der Waals surface area contributed by atoms with Crippen molar-refractivity contribution in [3.8, 4) is 5.69 Å². The Hall–Kier alpha value is -3.01. The summed E-state index contributed by atoms with van der Waals surface area (Å²) in [5.41, 5.74) is 5.79. The monoisotopic (exact) mass is 622 g/mol. The number of halogens is 4. The summed E-state index contributed by atoms with van der Waals surface area (Å²) in [5, 5.41) is 5.10. The number of aryl methyl sites for hydroxylation is 1. The Bertz CT molecular complexity index is 1670. The van der Waals surface area contributed by atoms with E-state index in [9.17, 15) is 13.2 Å². The van der Waals surface area contributed by atoms with Crippen LogP contribution >= 0.6 is 46.4 Å². The second-order valence-corrected chi connectivity index (χ2v) is 11.9. The molecule has 0 aliphatic heterocycles. The van der Waals surface area contributed by atoms with Crippen LogP contribution in [0.4, 0.5) is 5.69 Å². The molecule has 1 heterocycles. The van der Waals surface area contributed by atoms with E-state index in [0.717, 1.165) is 26.9 Å². The molecule has 0 spiro atoms. The van der Waals surface area contributed by atoms with E-state index < -0.39 is 22.5 Å². The highest BCUT2D eigenvalue weighted by Crippen LogP contribution is 2.35. The van der Waals surface area contributed by atoms with Crippen LogP contribution < -0.4 is 9.73 Å². The normalized spacial score (nSPS) is 11.6. The minimum Gasteiger partial charge on any atom is -0.318 e. The number of rotatable bonds is 8. The van der Waals surface area contributed by atoms with Crippen molar-refractivity contribution in [1.29, 1.82) is 0 Å². The van der Waals surface area contributed by atoms with E-state index in [1.54, 1.807) is 36.4 Å². The number of amides is 1. The average Bonchev–Trinajstić information content (AvgIpc) is 3.19. The van der Waals surface area contributed by atoms with Crippen molar-refractivity contribution in [2.24, 2.45) is 5.10 Å². The van der Waals surface area contributed by atoms with Gasteiger partial charge in [-0.15, -0.1) is 0 Å². The molecule has 0 aliphatic carbocycles. The van der Waals surface area contributed by atoms with E-state index in [0.29, 0.717) is 10.0 Å². The van der Waals surface area contributed by atoms with Gasteiger partial charge in [-0.3, -0.25) is 9.10 Å². The third-order valence-electron chi connectivity index (χ3n) is 5.84. The predicted octanol–water partition coefficient (Wildman–Crippen LogP) is 7.05. The summed E-state index contributed by atoms with van der Waals surface area (Å²) in [4.78, 5) is 12.9. The average molecular weight is 624 g/mol. The Kier molecular flexibility index (Phi) is 8.93. The third-order valence-corrected chi connectivity index (χ3v) is 9.16. The SMILES string of the molecule is Cc1cc(/C=N/NC(=O)CN(c2cccc(Cl)c2Cl)S(=O)(=O)c2ccccc2)c(C)n1-c1ccc(Cl)c(Cl)c1. The molecule has 39 heavy (non-hydrogen) atoms. The molecule has 3 aromatic carbocycles. The molecule has 0 saturated heterocycles. The van der Waals surface area contributed by atoms with Crippen LogP contribution in [0.25, 0.3) is 5.69 Å². The largest absolute Gasteiger partial charge is 0.318 e. The Morgan fingerprint density at radius 3 is 2.33 bits per heavy atom. The quantitative estimate of drug-likeness (QED) is 0.169. The van der Waals surface area contributed by atoms with Crippen molar-refractivity contribution < 1.29 is 13.2 Å². The zero-order valence-electron chi connectivity index (χ0n) is 20.7. The maximum atomic E-state index is 13.5. The number of carbonyl (C=O) groups excluding carboxylic acids is 1. The van der Waals surface area contributed by atoms with Crippen molar-refractivity contribution >= 4 is 74.2 Å². The number of hydrogen-bond acceptors (Lipinski definition) is 4. The molecule has 0 bridgehead atoms. The molecule has 0 atom stereocenters. The highest BCUT2D eigenvalue weighted by atomic mass is 35.5. The van der Waals surface area contributed by atoms with Crippen molar-refractivity contribution in [3.63, 3.8) is 0 Å². The van der Waals surface area contributed by atoms with Crippen molar-refractivity contribution in [3.05, 3.63) is 110 Å². The maximum absolute atomic E-state index is 13.5. The molecule has 0 unspecified atom stereocenters. The minimum atomic E-state index is -4.16. The maximum Gasteiger partial charge on any atom is 0.264 e. The first-order chi connectivity index (χ1) is 18.5. The lowest BCUT2D eigenvalue weighted by atomic mass is 10.2. The fourth-order valence-electron chi connectivity index (χ4n) is 3.98. The summed E-state index contributed by atoms with van der Waals surface area (Å²) in [6.45, 7) is 3.23. The first kappa shape index (κ1) is 29.0. The predicted molar refractivity (Wildman–Crippen MR) is 158 cm³/mol. The number of nitrogens with zero attached hydrogens (tertiary/aromatic N) is 3.